The third-order valence-electron chi connectivity index (χ3n) is 6.46. The average molecular weight is 545 g/mol. The van der Waals surface area contributed by atoms with E-state index in [1.807, 2.05) is 20.8 Å². The quantitative estimate of drug-likeness (QED) is 0.171. The minimum atomic E-state index is -1.25. The lowest BCUT2D eigenvalue weighted by molar-refractivity contribution is -0.142. The van der Waals surface area contributed by atoms with Gasteiger partial charge in [-0.25, -0.2) is 9.78 Å². The van der Waals surface area contributed by atoms with Crippen LogP contribution in [0.4, 0.5) is 0 Å². The highest BCUT2D eigenvalue weighted by Gasteiger charge is 2.33. The van der Waals surface area contributed by atoms with Crippen molar-refractivity contribution in [1.82, 2.24) is 25.9 Å². The van der Waals surface area contributed by atoms with E-state index in [1.165, 1.54) is 18.5 Å². The third kappa shape index (κ3) is 10.0. The van der Waals surface area contributed by atoms with Gasteiger partial charge in [0.2, 0.25) is 17.7 Å². The highest BCUT2D eigenvalue weighted by atomic mass is 16.4. The number of phenolic OH excluding ortho intramolecular Hbond substituents is 1. The minimum Gasteiger partial charge on any atom is -0.508 e. The van der Waals surface area contributed by atoms with Crippen LogP contribution in [-0.2, 0) is 32.0 Å². The Morgan fingerprint density at radius 3 is 2.13 bits per heavy atom. The van der Waals surface area contributed by atoms with Crippen molar-refractivity contribution in [2.75, 3.05) is 0 Å². The van der Waals surface area contributed by atoms with Crippen molar-refractivity contribution in [2.24, 2.45) is 17.6 Å². The zero-order chi connectivity index (χ0) is 29.1. The number of carbonyl (C=O) groups excluding carboxylic acids is 3. The molecule has 3 amide bonds. The number of hydrogen-bond donors (Lipinski definition) is 7. The molecule has 0 saturated carbocycles. The van der Waals surface area contributed by atoms with Crippen LogP contribution in [0.5, 0.6) is 5.75 Å². The number of benzene rings is 1. The van der Waals surface area contributed by atoms with Gasteiger partial charge in [0, 0.05) is 24.7 Å². The standard InChI is InChI=1S/C27H40N6O6/c1-5-16(4)23(33-24(35)20(28)12-18-13-29-14-30-18)26(37)31-21(10-15(2)3)25(36)32-22(27(38)39)11-17-6-8-19(34)9-7-17/h6-9,13-16,20-23,34H,5,10-12,28H2,1-4H3,(H,29,30)(H,31,37)(H,32,36)(H,33,35)(H,38,39). The molecule has 0 aliphatic carbocycles. The number of phenols is 1. The van der Waals surface area contributed by atoms with E-state index in [2.05, 4.69) is 25.9 Å². The Labute approximate surface area is 228 Å². The number of nitrogens with zero attached hydrogens (tertiary/aromatic N) is 1. The molecule has 0 radical (unpaired) electrons. The summed E-state index contributed by atoms with van der Waals surface area (Å²) < 4.78 is 0. The molecule has 1 heterocycles. The van der Waals surface area contributed by atoms with Gasteiger partial charge < -0.3 is 36.9 Å². The molecule has 2 aromatic rings. The van der Waals surface area contributed by atoms with E-state index >= 15 is 0 Å². The average Bonchev–Trinajstić information content (AvgIpc) is 3.39. The molecule has 214 valence electrons. The molecule has 0 aliphatic rings. The molecular formula is C27H40N6O6. The Kier molecular flexibility index (Phi) is 11.9. The second-order valence-corrected chi connectivity index (χ2v) is 10.2. The van der Waals surface area contributed by atoms with E-state index in [0.717, 1.165) is 0 Å². The van der Waals surface area contributed by atoms with Crippen LogP contribution in [0.3, 0.4) is 0 Å². The molecule has 12 heteroatoms. The van der Waals surface area contributed by atoms with Crippen molar-refractivity contribution in [1.29, 1.82) is 0 Å². The number of nitrogens with two attached hydrogens (primary N) is 1. The summed E-state index contributed by atoms with van der Waals surface area (Å²) in [6.45, 7) is 7.43. The van der Waals surface area contributed by atoms with Crippen LogP contribution in [0.15, 0.2) is 36.8 Å². The summed E-state index contributed by atoms with van der Waals surface area (Å²) in [7, 11) is 0. The number of carbonyl (C=O) groups is 4. The number of carboxylic acids is 1. The molecule has 0 spiro atoms. The van der Waals surface area contributed by atoms with E-state index in [1.54, 1.807) is 25.3 Å². The summed E-state index contributed by atoms with van der Waals surface area (Å²) in [6, 6.07) is 1.86. The minimum absolute atomic E-state index is 0.000828. The summed E-state index contributed by atoms with van der Waals surface area (Å²) in [6.07, 6.45) is 4.06. The Balaban J connectivity index is 2.13. The molecule has 0 bridgehead atoms. The van der Waals surface area contributed by atoms with Gasteiger partial charge in [-0.2, -0.15) is 0 Å². The second-order valence-electron chi connectivity index (χ2n) is 10.2. The van der Waals surface area contributed by atoms with Gasteiger partial charge in [-0.15, -0.1) is 0 Å². The second kappa shape index (κ2) is 14.9. The monoisotopic (exact) mass is 544 g/mol. The number of rotatable bonds is 15. The van der Waals surface area contributed by atoms with E-state index in [9.17, 15) is 29.4 Å². The zero-order valence-electron chi connectivity index (χ0n) is 22.8. The number of aromatic amines is 1. The number of H-pyrrole nitrogens is 1. The molecule has 2 rings (SSSR count). The van der Waals surface area contributed by atoms with Gasteiger partial charge in [-0.1, -0.05) is 46.2 Å². The van der Waals surface area contributed by atoms with Crippen LogP contribution in [0, 0.1) is 11.8 Å². The first kappa shape index (κ1) is 31.3. The van der Waals surface area contributed by atoms with E-state index in [4.69, 9.17) is 5.73 Å². The van der Waals surface area contributed by atoms with Crippen LogP contribution in [0.2, 0.25) is 0 Å². The zero-order valence-corrected chi connectivity index (χ0v) is 22.8. The van der Waals surface area contributed by atoms with Crippen molar-refractivity contribution in [3.63, 3.8) is 0 Å². The fraction of sp³-hybridized carbons (Fsp3) is 0.519. The Morgan fingerprint density at radius 2 is 1.59 bits per heavy atom. The predicted octanol–water partition coefficient (Wildman–Crippen LogP) is 0.859. The first-order valence-corrected chi connectivity index (χ1v) is 13.1. The normalized spacial score (nSPS) is 15.0. The summed E-state index contributed by atoms with van der Waals surface area (Å²) >= 11 is 0. The molecule has 0 fully saturated rings. The molecule has 5 atom stereocenters. The Hall–Kier alpha value is -3.93. The molecule has 8 N–H and O–H groups in total. The largest absolute Gasteiger partial charge is 0.508 e. The van der Waals surface area contributed by atoms with Gasteiger partial charge in [0.05, 0.1) is 12.4 Å². The molecular weight excluding hydrogens is 504 g/mol. The fourth-order valence-electron chi connectivity index (χ4n) is 3.99. The lowest BCUT2D eigenvalue weighted by Crippen LogP contribution is -2.59. The summed E-state index contributed by atoms with van der Waals surface area (Å²) in [5, 5.41) is 27.1. The van der Waals surface area contributed by atoms with Gasteiger partial charge in [0.15, 0.2) is 0 Å². The van der Waals surface area contributed by atoms with Gasteiger partial charge in [-0.3, -0.25) is 14.4 Å². The van der Waals surface area contributed by atoms with Crippen molar-refractivity contribution >= 4 is 23.7 Å². The summed E-state index contributed by atoms with van der Waals surface area (Å²) in [4.78, 5) is 58.0. The van der Waals surface area contributed by atoms with Crippen molar-refractivity contribution in [3.05, 3.63) is 48.0 Å². The van der Waals surface area contributed by atoms with E-state index in [-0.39, 0.29) is 36.8 Å². The maximum atomic E-state index is 13.4. The number of aliphatic carboxylic acids is 1. The van der Waals surface area contributed by atoms with Crippen molar-refractivity contribution < 1.29 is 29.4 Å². The molecule has 5 unspecified atom stereocenters. The maximum absolute atomic E-state index is 13.4. The van der Waals surface area contributed by atoms with Gasteiger partial charge >= 0.3 is 5.97 Å². The number of imidazole rings is 1. The van der Waals surface area contributed by atoms with Crippen molar-refractivity contribution in [2.45, 2.75) is 77.5 Å². The van der Waals surface area contributed by atoms with Gasteiger partial charge in [-0.05, 0) is 36.0 Å². The first-order valence-electron chi connectivity index (χ1n) is 13.1. The first-order chi connectivity index (χ1) is 18.4. The predicted molar refractivity (Wildman–Crippen MR) is 144 cm³/mol. The van der Waals surface area contributed by atoms with Gasteiger partial charge in [0.1, 0.15) is 23.9 Å². The van der Waals surface area contributed by atoms with Crippen LogP contribution in [0.25, 0.3) is 0 Å². The van der Waals surface area contributed by atoms with E-state index < -0.39 is 47.9 Å². The topological polar surface area (TPSA) is 200 Å². The fourth-order valence-corrected chi connectivity index (χ4v) is 3.99. The third-order valence-corrected chi connectivity index (χ3v) is 6.46. The SMILES string of the molecule is CCC(C)C(NC(=O)C(N)Cc1cnc[nH]1)C(=O)NC(CC(C)C)C(=O)NC(Cc1ccc(O)cc1)C(=O)O. The molecule has 39 heavy (non-hydrogen) atoms. The number of aromatic hydroxyl groups is 1. The number of aromatic nitrogens is 2. The smallest absolute Gasteiger partial charge is 0.326 e. The number of amides is 3. The maximum Gasteiger partial charge on any atom is 0.326 e. The van der Waals surface area contributed by atoms with Crippen molar-refractivity contribution in [3.8, 4) is 5.75 Å². The van der Waals surface area contributed by atoms with Crippen LogP contribution >= 0.6 is 0 Å². The Bertz CT molecular complexity index is 1090. The summed E-state index contributed by atoms with van der Waals surface area (Å²) in [5.74, 6) is -3.18. The van der Waals surface area contributed by atoms with Crippen LogP contribution in [0.1, 0.15) is 51.8 Å². The highest BCUT2D eigenvalue weighted by Crippen LogP contribution is 2.14. The number of nitrogens with one attached hydrogen (secondary N) is 4. The Morgan fingerprint density at radius 1 is 0.949 bits per heavy atom. The number of hydrogen-bond acceptors (Lipinski definition) is 7. The van der Waals surface area contributed by atoms with Gasteiger partial charge in [0.25, 0.3) is 0 Å². The van der Waals surface area contributed by atoms with Crippen LogP contribution in [-0.4, -0.2) is 68.0 Å². The van der Waals surface area contributed by atoms with E-state index in [0.29, 0.717) is 17.7 Å². The highest BCUT2D eigenvalue weighted by molar-refractivity contribution is 5.94. The molecule has 12 nitrogen and oxygen atoms in total. The van der Waals surface area contributed by atoms with Crippen LogP contribution < -0.4 is 21.7 Å². The molecule has 0 saturated heterocycles. The molecule has 1 aromatic heterocycles. The molecule has 0 aliphatic heterocycles. The number of carboxylic acid groups (broad SMARTS) is 1. The summed E-state index contributed by atoms with van der Waals surface area (Å²) in [5.41, 5.74) is 7.33. The lowest BCUT2D eigenvalue weighted by Gasteiger charge is -2.28. The lowest BCUT2D eigenvalue weighted by atomic mass is 9.96. The molecule has 1 aromatic carbocycles.